The van der Waals surface area contributed by atoms with Crippen LogP contribution in [0.4, 0.5) is 13.2 Å². The van der Waals surface area contributed by atoms with Crippen LogP contribution >= 0.6 is 0 Å². The van der Waals surface area contributed by atoms with Crippen molar-refractivity contribution in [3.63, 3.8) is 0 Å². The molecule has 10 heteroatoms. The third kappa shape index (κ3) is 8.44. The van der Waals surface area contributed by atoms with Gasteiger partial charge in [-0.15, -0.1) is 0 Å². The number of alkyl halides is 3. The maximum absolute atomic E-state index is 10.6. The lowest BCUT2D eigenvalue weighted by Crippen LogP contribution is -2.21. The standard InChI is InChI=1S/C25H32N2O3.C2HF3O2/c1-5-6-7-11-21-25(20-13-14-23(29-3)24(17-20)30-4)26-18-27(21)16-15-19-10-8-9-12-22(19)28-2;3-2(4,5)1(6)7/h8-10,12-14,17-18H,5-7,11,15-16H2,1-4H3;(H,6,7). The van der Waals surface area contributed by atoms with Crippen molar-refractivity contribution in [1.82, 2.24) is 9.55 Å². The van der Waals surface area contributed by atoms with Gasteiger partial charge >= 0.3 is 12.1 Å². The lowest BCUT2D eigenvalue weighted by atomic mass is 10.0. The zero-order valence-electron chi connectivity index (χ0n) is 21.5. The molecular formula is C27H33F3N2O5. The van der Waals surface area contributed by atoms with Gasteiger partial charge in [0.15, 0.2) is 11.5 Å². The molecule has 0 spiro atoms. The molecule has 0 aliphatic rings. The summed E-state index contributed by atoms with van der Waals surface area (Å²) in [5.41, 5.74) is 4.55. The first kappa shape index (κ1) is 29.5. The van der Waals surface area contributed by atoms with E-state index in [4.69, 9.17) is 29.1 Å². The van der Waals surface area contributed by atoms with E-state index in [2.05, 4.69) is 29.7 Å². The molecule has 1 heterocycles. The Labute approximate surface area is 214 Å². The summed E-state index contributed by atoms with van der Waals surface area (Å²) in [6, 6.07) is 14.2. The summed E-state index contributed by atoms with van der Waals surface area (Å²) in [4.78, 5) is 13.7. The van der Waals surface area contributed by atoms with Gasteiger partial charge in [0.05, 0.1) is 33.4 Å². The van der Waals surface area contributed by atoms with E-state index >= 15 is 0 Å². The molecule has 0 unspecified atom stereocenters. The molecular weight excluding hydrogens is 489 g/mol. The lowest BCUT2D eigenvalue weighted by Gasteiger charge is -2.13. The maximum atomic E-state index is 10.6. The molecule has 0 atom stereocenters. The van der Waals surface area contributed by atoms with Crippen molar-refractivity contribution in [1.29, 1.82) is 0 Å². The molecule has 0 saturated carbocycles. The first-order valence-electron chi connectivity index (χ1n) is 11.8. The highest BCUT2D eigenvalue weighted by atomic mass is 19.4. The van der Waals surface area contributed by atoms with Gasteiger partial charge in [-0.1, -0.05) is 38.0 Å². The number of carboxylic acid groups (broad SMARTS) is 1. The van der Waals surface area contributed by atoms with E-state index in [0.717, 1.165) is 54.3 Å². The number of aromatic nitrogens is 2. The summed E-state index contributed by atoms with van der Waals surface area (Å²) in [6.45, 7) is 3.09. The second-order valence-electron chi connectivity index (χ2n) is 8.12. The number of para-hydroxylation sites is 1. The van der Waals surface area contributed by atoms with Gasteiger partial charge < -0.3 is 23.9 Å². The van der Waals surface area contributed by atoms with Crippen molar-refractivity contribution in [3.05, 3.63) is 60.0 Å². The van der Waals surface area contributed by atoms with E-state index in [0.29, 0.717) is 0 Å². The molecule has 0 saturated heterocycles. The van der Waals surface area contributed by atoms with Crippen LogP contribution in [0.5, 0.6) is 17.2 Å². The normalized spacial score (nSPS) is 10.9. The monoisotopic (exact) mass is 522 g/mol. The Morgan fingerprint density at radius 2 is 1.59 bits per heavy atom. The first-order chi connectivity index (χ1) is 17.7. The summed E-state index contributed by atoms with van der Waals surface area (Å²) in [7, 11) is 5.04. The van der Waals surface area contributed by atoms with E-state index in [1.165, 1.54) is 24.1 Å². The van der Waals surface area contributed by atoms with Crippen molar-refractivity contribution >= 4 is 5.97 Å². The van der Waals surface area contributed by atoms with Crippen LogP contribution in [0.15, 0.2) is 48.8 Å². The summed E-state index contributed by atoms with van der Waals surface area (Å²) in [5.74, 6) is -0.375. The van der Waals surface area contributed by atoms with Crippen LogP contribution in [0.2, 0.25) is 0 Å². The number of unbranched alkanes of at least 4 members (excludes halogenated alkanes) is 2. The van der Waals surface area contributed by atoms with Crippen LogP contribution in [-0.4, -0.2) is 48.1 Å². The molecule has 37 heavy (non-hydrogen) atoms. The molecule has 1 aromatic heterocycles. The quantitative estimate of drug-likeness (QED) is 0.303. The zero-order chi connectivity index (χ0) is 27.4. The molecule has 7 nitrogen and oxygen atoms in total. The Kier molecular flexibility index (Phi) is 11.3. The number of benzene rings is 2. The van der Waals surface area contributed by atoms with Gasteiger partial charge in [0, 0.05) is 17.8 Å². The summed E-state index contributed by atoms with van der Waals surface area (Å²) >= 11 is 0. The van der Waals surface area contributed by atoms with Gasteiger partial charge in [0.25, 0.3) is 0 Å². The Hall–Kier alpha value is -3.69. The second-order valence-corrected chi connectivity index (χ2v) is 8.12. The molecule has 0 bridgehead atoms. The van der Waals surface area contributed by atoms with Gasteiger partial charge in [-0.05, 0) is 49.1 Å². The number of rotatable bonds is 11. The van der Waals surface area contributed by atoms with Gasteiger partial charge in [-0.3, -0.25) is 0 Å². The van der Waals surface area contributed by atoms with Crippen LogP contribution in [-0.2, 0) is 24.2 Å². The van der Waals surface area contributed by atoms with Crippen molar-refractivity contribution in [2.24, 2.45) is 0 Å². The Morgan fingerprint density at radius 3 is 2.19 bits per heavy atom. The number of carbonyl (C=O) groups is 1. The number of aliphatic carboxylic acids is 1. The number of aryl methyl sites for hydroxylation is 2. The van der Waals surface area contributed by atoms with Crippen LogP contribution in [0.25, 0.3) is 11.3 Å². The third-order valence-electron chi connectivity index (χ3n) is 5.68. The van der Waals surface area contributed by atoms with E-state index in [1.807, 2.05) is 30.6 Å². The van der Waals surface area contributed by atoms with Crippen molar-refractivity contribution in [2.45, 2.75) is 51.7 Å². The second kappa shape index (κ2) is 14.2. The summed E-state index contributed by atoms with van der Waals surface area (Å²) < 4.78 is 50.4. The van der Waals surface area contributed by atoms with E-state index in [9.17, 15) is 13.2 Å². The highest BCUT2D eigenvalue weighted by Crippen LogP contribution is 2.33. The number of methoxy groups -OCH3 is 3. The molecule has 202 valence electrons. The minimum atomic E-state index is -5.08. The predicted molar refractivity (Wildman–Crippen MR) is 134 cm³/mol. The molecule has 3 aromatic rings. The molecule has 1 N–H and O–H groups in total. The number of nitrogens with zero attached hydrogens (tertiary/aromatic N) is 2. The van der Waals surface area contributed by atoms with Crippen LogP contribution in [0, 0.1) is 0 Å². The van der Waals surface area contributed by atoms with Crippen LogP contribution < -0.4 is 14.2 Å². The Morgan fingerprint density at radius 1 is 0.946 bits per heavy atom. The lowest BCUT2D eigenvalue weighted by molar-refractivity contribution is -0.192. The number of hydrogen-bond donors (Lipinski definition) is 1. The van der Waals surface area contributed by atoms with Crippen LogP contribution in [0.1, 0.15) is 37.4 Å². The van der Waals surface area contributed by atoms with Crippen molar-refractivity contribution in [2.75, 3.05) is 21.3 Å². The highest BCUT2D eigenvalue weighted by molar-refractivity contribution is 5.73. The Bertz CT molecular complexity index is 1150. The fraction of sp³-hybridized carbons (Fsp3) is 0.407. The summed E-state index contributed by atoms with van der Waals surface area (Å²) in [6.07, 6.45) is 2.33. The first-order valence-corrected chi connectivity index (χ1v) is 11.8. The smallest absolute Gasteiger partial charge is 0.490 e. The minimum absolute atomic E-state index is 0.720. The topological polar surface area (TPSA) is 82.8 Å². The molecule has 0 fully saturated rings. The van der Waals surface area contributed by atoms with Crippen molar-refractivity contribution < 1.29 is 37.3 Å². The predicted octanol–water partition coefficient (Wildman–Crippen LogP) is 6.18. The number of hydrogen-bond acceptors (Lipinski definition) is 5. The molecule has 0 aliphatic carbocycles. The van der Waals surface area contributed by atoms with Crippen LogP contribution in [0.3, 0.4) is 0 Å². The van der Waals surface area contributed by atoms with Gasteiger partial charge in [0.1, 0.15) is 5.75 Å². The largest absolute Gasteiger partial charge is 0.496 e. The molecule has 0 amide bonds. The SMILES string of the molecule is CCCCCc1c(-c2ccc(OC)c(OC)c2)ncn1CCc1ccccc1OC.O=C(O)C(F)(F)F. The molecule has 2 aromatic carbocycles. The van der Waals surface area contributed by atoms with Gasteiger partial charge in [-0.2, -0.15) is 13.2 Å². The highest BCUT2D eigenvalue weighted by Gasteiger charge is 2.38. The molecule has 0 aliphatic heterocycles. The molecule has 3 rings (SSSR count). The zero-order valence-corrected chi connectivity index (χ0v) is 21.5. The minimum Gasteiger partial charge on any atom is -0.496 e. The average molecular weight is 523 g/mol. The van der Waals surface area contributed by atoms with Gasteiger partial charge in [-0.25, -0.2) is 9.78 Å². The number of ether oxygens (including phenoxy) is 3. The number of imidazole rings is 1. The Balaban J connectivity index is 0.000000604. The van der Waals surface area contributed by atoms with E-state index in [1.54, 1.807) is 21.3 Å². The van der Waals surface area contributed by atoms with E-state index < -0.39 is 12.1 Å². The van der Waals surface area contributed by atoms with Gasteiger partial charge in [0.2, 0.25) is 0 Å². The van der Waals surface area contributed by atoms with Crippen molar-refractivity contribution in [3.8, 4) is 28.5 Å². The number of carboxylic acids is 1. The molecule has 0 radical (unpaired) electrons. The van der Waals surface area contributed by atoms with E-state index in [-0.39, 0.29) is 0 Å². The number of halogens is 3. The fourth-order valence-electron chi connectivity index (χ4n) is 3.78. The third-order valence-corrected chi connectivity index (χ3v) is 5.68. The summed E-state index contributed by atoms with van der Waals surface area (Å²) in [5, 5.41) is 7.12. The average Bonchev–Trinajstić information content (AvgIpc) is 3.29. The maximum Gasteiger partial charge on any atom is 0.490 e. The fourth-order valence-corrected chi connectivity index (χ4v) is 3.78.